The minimum Gasteiger partial charge on any atom is -0.321 e. The molecule has 0 fully saturated rings. The highest BCUT2D eigenvalue weighted by Crippen LogP contribution is 2.18. The monoisotopic (exact) mass is 468 g/mol. The Bertz CT molecular complexity index is 1060. The van der Waals surface area contributed by atoms with Gasteiger partial charge in [-0.1, -0.05) is 53.6 Å². The van der Waals surface area contributed by atoms with Crippen molar-refractivity contribution in [3.8, 4) is 0 Å². The lowest BCUT2D eigenvalue weighted by molar-refractivity contribution is -0.113. The molecule has 0 spiro atoms. The van der Waals surface area contributed by atoms with E-state index in [1.807, 2.05) is 37.3 Å². The molecule has 146 valence electrons. The van der Waals surface area contributed by atoms with E-state index >= 15 is 0 Å². The number of nitrogens with one attached hydrogen (secondary N) is 2. The predicted molar refractivity (Wildman–Crippen MR) is 121 cm³/mol. The van der Waals surface area contributed by atoms with Gasteiger partial charge in [0.25, 0.3) is 11.8 Å². The zero-order chi connectivity index (χ0) is 20.8. The molecule has 0 aliphatic heterocycles. The van der Waals surface area contributed by atoms with Gasteiger partial charge in [-0.05, 0) is 70.9 Å². The van der Waals surface area contributed by atoms with Crippen LogP contribution in [0, 0.1) is 6.92 Å². The van der Waals surface area contributed by atoms with E-state index < -0.39 is 11.8 Å². The number of amides is 2. The molecular weight excluding hydrogens is 452 g/mol. The molecule has 0 aliphatic rings. The Kier molecular flexibility index (Phi) is 6.86. The minimum atomic E-state index is -0.427. The zero-order valence-electron chi connectivity index (χ0n) is 15.6. The van der Waals surface area contributed by atoms with Gasteiger partial charge in [0.05, 0.1) is 5.56 Å². The highest BCUT2D eigenvalue weighted by Gasteiger charge is 2.16. The lowest BCUT2D eigenvalue weighted by Crippen LogP contribution is -2.31. The van der Waals surface area contributed by atoms with E-state index in [0.717, 1.165) is 11.1 Å². The number of halogens is 2. The van der Waals surface area contributed by atoms with Gasteiger partial charge in [-0.2, -0.15) is 0 Å². The summed E-state index contributed by atoms with van der Waals surface area (Å²) in [6.45, 7) is 1.97. The molecule has 4 nitrogen and oxygen atoms in total. The number of aryl methyl sites for hydroxylation is 1. The first kappa shape index (κ1) is 20.8. The van der Waals surface area contributed by atoms with Crippen LogP contribution in [0.2, 0.25) is 5.02 Å². The lowest BCUT2D eigenvalue weighted by atomic mass is 10.1. The van der Waals surface area contributed by atoms with Crippen LogP contribution < -0.4 is 10.6 Å². The van der Waals surface area contributed by atoms with Crippen LogP contribution in [0.15, 0.2) is 83.0 Å². The number of hydrogen-bond donors (Lipinski definition) is 2. The molecule has 0 radical (unpaired) electrons. The molecule has 29 heavy (non-hydrogen) atoms. The van der Waals surface area contributed by atoms with E-state index in [9.17, 15) is 9.59 Å². The van der Waals surface area contributed by atoms with Crippen LogP contribution in [0.5, 0.6) is 0 Å². The van der Waals surface area contributed by atoms with Crippen molar-refractivity contribution in [1.29, 1.82) is 0 Å². The summed E-state index contributed by atoms with van der Waals surface area (Å²) in [7, 11) is 0. The van der Waals surface area contributed by atoms with Gasteiger partial charge in [0.1, 0.15) is 5.70 Å². The Balaban J connectivity index is 1.89. The van der Waals surface area contributed by atoms with Crippen molar-refractivity contribution < 1.29 is 9.59 Å². The topological polar surface area (TPSA) is 58.2 Å². The molecule has 0 aromatic heterocycles. The molecule has 0 unspecified atom stereocenters. The number of hydrogen-bond acceptors (Lipinski definition) is 2. The van der Waals surface area contributed by atoms with Gasteiger partial charge in [0, 0.05) is 15.2 Å². The van der Waals surface area contributed by atoms with Gasteiger partial charge >= 0.3 is 0 Å². The highest BCUT2D eigenvalue weighted by molar-refractivity contribution is 9.10. The summed E-state index contributed by atoms with van der Waals surface area (Å²) >= 11 is 9.30. The number of benzene rings is 3. The average molecular weight is 470 g/mol. The highest BCUT2D eigenvalue weighted by atomic mass is 79.9. The minimum absolute atomic E-state index is 0.119. The Hall–Kier alpha value is -2.89. The van der Waals surface area contributed by atoms with E-state index in [-0.39, 0.29) is 5.70 Å². The van der Waals surface area contributed by atoms with Crippen molar-refractivity contribution >= 4 is 51.1 Å². The molecule has 6 heteroatoms. The van der Waals surface area contributed by atoms with Crippen LogP contribution in [0.3, 0.4) is 0 Å². The SMILES string of the molecule is Cc1ccc(NC(=O)/C(=C/c2ccc(Cl)cc2)NC(=O)c2ccccc2Br)cc1. The summed E-state index contributed by atoms with van der Waals surface area (Å²) in [5.74, 6) is -0.819. The van der Waals surface area contributed by atoms with Gasteiger partial charge in [-0.15, -0.1) is 0 Å². The van der Waals surface area contributed by atoms with Crippen LogP contribution in [-0.2, 0) is 4.79 Å². The molecule has 2 amide bonds. The van der Waals surface area contributed by atoms with E-state index in [1.54, 1.807) is 48.5 Å². The molecule has 2 N–H and O–H groups in total. The summed E-state index contributed by atoms with van der Waals surface area (Å²) in [5, 5.41) is 6.12. The van der Waals surface area contributed by atoms with Crippen molar-refractivity contribution in [3.05, 3.63) is 105 Å². The van der Waals surface area contributed by atoms with Crippen molar-refractivity contribution in [2.24, 2.45) is 0 Å². The molecule has 0 saturated carbocycles. The summed E-state index contributed by atoms with van der Waals surface area (Å²) in [6, 6.07) is 21.4. The second-order valence-corrected chi connectivity index (χ2v) is 7.65. The fourth-order valence-electron chi connectivity index (χ4n) is 2.55. The van der Waals surface area contributed by atoms with Crippen molar-refractivity contribution in [3.63, 3.8) is 0 Å². The van der Waals surface area contributed by atoms with Gasteiger partial charge in [0.2, 0.25) is 0 Å². The first-order valence-corrected chi connectivity index (χ1v) is 10.0. The first-order valence-electron chi connectivity index (χ1n) is 8.83. The fourth-order valence-corrected chi connectivity index (χ4v) is 3.15. The summed E-state index contributed by atoms with van der Waals surface area (Å²) < 4.78 is 0.641. The molecule has 3 rings (SSSR count). The maximum Gasteiger partial charge on any atom is 0.272 e. The molecule has 3 aromatic rings. The van der Waals surface area contributed by atoms with Crippen LogP contribution in [0.25, 0.3) is 6.08 Å². The third-order valence-electron chi connectivity index (χ3n) is 4.10. The quantitative estimate of drug-likeness (QED) is 0.463. The van der Waals surface area contributed by atoms with Gasteiger partial charge < -0.3 is 10.6 Å². The maximum atomic E-state index is 12.9. The molecule has 3 aromatic carbocycles. The molecule has 0 atom stereocenters. The second kappa shape index (κ2) is 9.54. The Morgan fingerprint density at radius 1 is 0.931 bits per heavy atom. The number of rotatable bonds is 5. The van der Waals surface area contributed by atoms with Gasteiger partial charge in [-0.25, -0.2) is 0 Å². The van der Waals surface area contributed by atoms with Crippen molar-refractivity contribution in [2.75, 3.05) is 5.32 Å². The molecule has 0 bridgehead atoms. The summed E-state index contributed by atoms with van der Waals surface area (Å²) in [4.78, 5) is 25.6. The van der Waals surface area contributed by atoms with Gasteiger partial charge in [0.15, 0.2) is 0 Å². The van der Waals surface area contributed by atoms with Crippen LogP contribution in [-0.4, -0.2) is 11.8 Å². The van der Waals surface area contributed by atoms with Crippen LogP contribution in [0.1, 0.15) is 21.5 Å². The Labute approximate surface area is 182 Å². The number of anilines is 1. The lowest BCUT2D eigenvalue weighted by Gasteiger charge is -2.12. The Morgan fingerprint density at radius 3 is 2.24 bits per heavy atom. The van der Waals surface area contributed by atoms with Crippen LogP contribution >= 0.6 is 27.5 Å². The van der Waals surface area contributed by atoms with E-state index in [2.05, 4.69) is 26.6 Å². The zero-order valence-corrected chi connectivity index (χ0v) is 17.9. The average Bonchev–Trinajstić information content (AvgIpc) is 2.71. The molecule has 0 heterocycles. The molecule has 0 aliphatic carbocycles. The third kappa shape index (κ3) is 5.79. The van der Waals surface area contributed by atoms with E-state index in [0.29, 0.717) is 20.7 Å². The van der Waals surface area contributed by atoms with E-state index in [1.165, 1.54) is 0 Å². The fraction of sp³-hybridized carbons (Fsp3) is 0.0435. The standard InChI is InChI=1S/C23H18BrClN2O2/c1-15-6-12-18(13-7-15)26-23(29)21(14-16-8-10-17(25)11-9-16)27-22(28)19-4-2-3-5-20(19)24/h2-14H,1H3,(H,26,29)(H,27,28)/b21-14-. The second-order valence-electron chi connectivity index (χ2n) is 6.36. The van der Waals surface area contributed by atoms with Crippen molar-refractivity contribution in [2.45, 2.75) is 6.92 Å². The molecular formula is C23H18BrClN2O2. The van der Waals surface area contributed by atoms with Gasteiger partial charge in [-0.3, -0.25) is 9.59 Å². The third-order valence-corrected chi connectivity index (χ3v) is 5.05. The first-order chi connectivity index (χ1) is 13.9. The van der Waals surface area contributed by atoms with Crippen LogP contribution in [0.4, 0.5) is 5.69 Å². The number of carbonyl (C=O) groups is 2. The Morgan fingerprint density at radius 2 is 1.59 bits per heavy atom. The largest absolute Gasteiger partial charge is 0.321 e. The van der Waals surface area contributed by atoms with E-state index in [4.69, 9.17) is 11.6 Å². The normalized spacial score (nSPS) is 11.1. The predicted octanol–water partition coefficient (Wildman–Crippen LogP) is 5.82. The summed E-state index contributed by atoms with van der Waals surface area (Å²) in [6.07, 6.45) is 1.61. The summed E-state index contributed by atoms with van der Waals surface area (Å²) in [5.41, 5.74) is 3.00. The molecule has 0 saturated heterocycles. The van der Waals surface area contributed by atoms with Crippen molar-refractivity contribution in [1.82, 2.24) is 5.32 Å². The smallest absolute Gasteiger partial charge is 0.272 e. The number of carbonyl (C=O) groups excluding carboxylic acids is 2. The maximum absolute atomic E-state index is 12.9.